The topological polar surface area (TPSA) is 135 Å². The van der Waals surface area contributed by atoms with Crippen molar-refractivity contribution < 1.29 is 21.6 Å². The molecule has 0 saturated heterocycles. The van der Waals surface area contributed by atoms with Crippen LogP contribution in [0.2, 0.25) is 0 Å². The first-order valence-corrected chi connectivity index (χ1v) is 12.9. The molecule has 0 aliphatic rings. The quantitative estimate of drug-likeness (QED) is 0.486. The van der Waals surface area contributed by atoms with E-state index in [0.717, 1.165) is 0 Å². The van der Waals surface area contributed by atoms with Crippen LogP contribution in [0.25, 0.3) is 0 Å². The lowest BCUT2D eigenvalue weighted by molar-refractivity contribution is -0.115. The molecular formula is C21H22N4O5S2. The van der Waals surface area contributed by atoms with Gasteiger partial charge in [-0.05, 0) is 42.8 Å². The summed E-state index contributed by atoms with van der Waals surface area (Å²) in [5, 5.41) is 2.57. The first-order valence-electron chi connectivity index (χ1n) is 9.60. The van der Waals surface area contributed by atoms with E-state index < -0.39 is 25.8 Å². The first-order chi connectivity index (χ1) is 15.1. The van der Waals surface area contributed by atoms with E-state index in [0.29, 0.717) is 16.9 Å². The van der Waals surface area contributed by atoms with Crippen molar-refractivity contribution in [3.05, 3.63) is 78.1 Å². The summed E-state index contributed by atoms with van der Waals surface area (Å²) >= 11 is 0. The minimum atomic E-state index is -3.90. The fourth-order valence-corrected chi connectivity index (χ4v) is 5.06. The molecule has 2 N–H and O–H groups in total. The Hall–Kier alpha value is -3.31. The maximum atomic E-state index is 12.5. The maximum absolute atomic E-state index is 12.5. The van der Waals surface area contributed by atoms with Crippen LogP contribution in [0.5, 0.6) is 0 Å². The number of benzene rings is 2. The van der Waals surface area contributed by atoms with Crippen molar-refractivity contribution in [2.75, 3.05) is 15.8 Å². The van der Waals surface area contributed by atoms with Crippen LogP contribution in [0.15, 0.2) is 71.8 Å². The minimum Gasteiger partial charge on any atom is -0.326 e. The number of aryl methyl sites for hydroxylation is 1. The Morgan fingerprint density at radius 1 is 0.938 bits per heavy atom. The molecule has 1 aromatic heterocycles. The molecule has 1 heterocycles. The SMILES string of the molecule is Cc1ccnc(NS(=O)(=O)c2ccc(NC(=O)CCS(=O)(=O)Cc3ccccc3)cc2)n1. The van der Waals surface area contributed by atoms with E-state index in [1.165, 1.54) is 30.5 Å². The van der Waals surface area contributed by atoms with Gasteiger partial charge in [0, 0.05) is 24.0 Å². The van der Waals surface area contributed by atoms with E-state index in [9.17, 15) is 21.6 Å². The average molecular weight is 475 g/mol. The number of aromatic nitrogens is 2. The van der Waals surface area contributed by atoms with Crippen molar-refractivity contribution in [2.45, 2.75) is 24.0 Å². The van der Waals surface area contributed by atoms with Crippen molar-refractivity contribution in [1.29, 1.82) is 0 Å². The van der Waals surface area contributed by atoms with Crippen molar-refractivity contribution in [3.63, 3.8) is 0 Å². The molecule has 0 spiro atoms. The lowest BCUT2D eigenvalue weighted by atomic mass is 10.2. The molecule has 3 aromatic rings. The number of nitrogens with zero attached hydrogens (tertiary/aromatic N) is 2. The van der Waals surface area contributed by atoms with Gasteiger partial charge in [0.1, 0.15) is 0 Å². The second-order valence-electron chi connectivity index (χ2n) is 7.03. The maximum Gasteiger partial charge on any atom is 0.264 e. The van der Waals surface area contributed by atoms with Gasteiger partial charge in [0.15, 0.2) is 9.84 Å². The van der Waals surface area contributed by atoms with Crippen LogP contribution in [0.3, 0.4) is 0 Å². The molecule has 0 unspecified atom stereocenters. The minimum absolute atomic E-state index is 0.0361. The highest BCUT2D eigenvalue weighted by atomic mass is 32.2. The predicted octanol–water partition coefficient (Wildman–Crippen LogP) is 2.53. The second kappa shape index (κ2) is 9.88. The van der Waals surface area contributed by atoms with Gasteiger partial charge in [-0.2, -0.15) is 0 Å². The van der Waals surface area contributed by atoms with Crippen LogP contribution in [0, 0.1) is 6.92 Å². The second-order valence-corrected chi connectivity index (χ2v) is 10.9. The summed E-state index contributed by atoms with van der Waals surface area (Å²) in [6.07, 6.45) is 1.24. The van der Waals surface area contributed by atoms with Crippen LogP contribution >= 0.6 is 0 Å². The van der Waals surface area contributed by atoms with Gasteiger partial charge in [-0.25, -0.2) is 31.5 Å². The summed E-state index contributed by atoms with van der Waals surface area (Å²) in [5.41, 5.74) is 1.62. The molecule has 3 rings (SSSR count). The summed E-state index contributed by atoms with van der Waals surface area (Å²) in [6.45, 7) is 1.71. The number of anilines is 2. The Labute approximate surface area is 186 Å². The van der Waals surface area contributed by atoms with Crippen LogP contribution in [0.4, 0.5) is 11.6 Å². The molecule has 168 valence electrons. The molecule has 0 bridgehead atoms. The molecular weight excluding hydrogens is 452 g/mol. The Balaban J connectivity index is 1.56. The number of sulfonamides is 1. The molecule has 2 aromatic carbocycles. The summed E-state index contributed by atoms with van der Waals surface area (Å²) in [7, 11) is -7.34. The zero-order valence-electron chi connectivity index (χ0n) is 17.2. The highest BCUT2D eigenvalue weighted by molar-refractivity contribution is 7.92. The Morgan fingerprint density at radius 3 is 2.28 bits per heavy atom. The van der Waals surface area contributed by atoms with Gasteiger partial charge < -0.3 is 5.32 Å². The van der Waals surface area contributed by atoms with E-state index in [2.05, 4.69) is 20.0 Å². The van der Waals surface area contributed by atoms with Gasteiger partial charge in [0.25, 0.3) is 10.0 Å². The largest absolute Gasteiger partial charge is 0.326 e. The molecule has 1 amide bonds. The van der Waals surface area contributed by atoms with Crippen molar-refractivity contribution in [3.8, 4) is 0 Å². The molecule has 0 saturated carbocycles. The number of rotatable bonds is 9. The van der Waals surface area contributed by atoms with E-state index in [4.69, 9.17) is 0 Å². The van der Waals surface area contributed by atoms with Crippen molar-refractivity contribution in [2.24, 2.45) is 0 Å². The first kappa shape index (κ1) is 23.4. The number of carbonyl (C=O) groups is 1. The van der Waals surface area contributed by atoms with Crippen LogP contribution < -0.4 is 10.0 Å². The van der Waals surface area contributed by atoms with E-state index >= 15 is 0 Å². The number of hydrogen-bond donors (Lipinski definition) is 2. The third-order valence-corrected chi connectivity index (χ3v) is 7.28. The summed E-state index contributed by atoms with van der Waals surface area (Å²) in [4.78, 5) is 20.0. The number of hydrogen-bond acceptors (Lipinski definition) is 7. The average Bonchev–Trinajstić information content (AvgIpc) is 2.73. The number of nitrogens with one attached hydrogen (secondary N) is 2. The zero-order valence-corrected chi connectivity index (χ0v) is 18.9. The van der Waals surface area contributed by atoms with Crippen LogP contribution in [-0.4, -0.2) is 38.5 Å². The number of carbonyl (C=O) groups excluding carboxylic acids is 1. The zero-order chi connectivity index (χ0) is 23.2. The molecule has 0 fully saturated rings. The van der Waals surface area contributed by atoms with E-state index in [1.807, 2.05) is 0 Å². The third-order valence-electron chi connectivity index (χ3n) is 4.34. The fourth-order valence-electron chi connectivity index (χ4n) is 2.77. The lowest BCUT2D eigenvalue weighted by Crippen LogP contribution is -2.18. The molecule has 0 aliphatic heterocycles. The monoisotopic (exact) mass is 474 g/mol. The number of amides is 1. The van der Waals surface area contributed by atoms with Crippen molar-refractivity contribution >= 4 is 37.4 Å². The van der Waals surface area contributed by atoms with Gasteiger partial charge >= 0.3 is 0 Å². The van der Waals surface area contributed by atoms with Gasteiger partial charge in [-0.1, -0.05) is 30.3 Å². The van der Waals surface area contributed by atoms with Crippen LogP contribution in [-0.2, 0) is 30.4 Å². The Bertz CT molecular complexity index is 1290. The Morgan fingerprint density at radius 2 is 1.62 bits per heavy atom. The predicted molar refractivity (Wildman–Crippen MR) is 121 cm³/mol. The normalized spacial score (nSPS) is 11.7. The van der Waals surface area contributed by atoms with Crippen molar-refractivity contribution in [1.82, 2.24) is 9.97 Å². The fraction of sp³-hybridized carbons (Fsp3) is 0.190. The lowest BCUT2D eigenvalue weighted by Gasteiger charge is -2.09. The molecule has 9 nitrogen and oxygen atoms in total. The Kier molecular flexibility index (Phi) is 7.21. The van der Waals surface area contributed by atoms with E-state index in [1.54, 1.807) is 43.3 Å². The summed E-state index contributed by atoms with van der Waals surface area (Å²) < 4.78 is 51.7. The number of sulfone groups is 1. The summed E-state index contributed by atoms with van der Waals surface area (Å²) in [6, 6.07) is 15.9. The highest BCUT2D eigenvalue weighted by Crippen LogP contribution is 2.17. The molecule has 11 heteroatoms. The third kappa shape index (κ3) is 6.86. The molecule has 0 atom stereocenters. The summed E-state index contributed by atoms with van der Waals surface area (Å²) in [5.74, 6) is -0.950. The smallest absolute Gasteiger partial charge is 0.264 e. The standard InChI is InChI=1S/C21H22N4O5S2/c1-16-11-13-22-21(23-16)25-32(29,30)19-9-7-18(8-10-19)24-20(26)12-14-31(27,28)15-17-5-3-2-4-6-17/h2-11,13H,12,14-15H2,1H3,(H,24,26)(H,22,23,25). The van der Waals surface area contributed by atoms with Gasteiger partial charge in [0.2, 0.25) is 11.9 Å². The molecule has 32 heavy (non-hydrogen) atoms. The van der Waals surface area contributed by atoms with E-state index in [-0.39, 0.29) is 28.8 Å². The molecule has 0 aliphatic carbocycles. The van der Waals surface area contributed by atoms with Gasteiger partial charge in [-0.15, -0.1) is 0 Å². The molecule has 0 radical (unpaired) electrons. The van der Waals surface area contributed by atoms with Crippen LogP contribution in [0.1, 0.15) is 17.7 Å². The van der Waals surface area contributed by atoms with Gasteiger partial charge in [-0.3, -0.25) is 4.79 Å². The van der Waals surface area contributed by atoms with Gasteiger partial charge in [0.05, 0.1) is 16.4 Å². The highest BCUT2D eigenvalue weighted by Gasteiger charge is 2.17.